The maximum atomic E-state index is 5.34. The van der Waals surface area contributed by atoms with E-state index in [0.717, 1.165) is 19.5 Å². The largest absolute Gasteiger partial charge is 0.269 e. The molecule has 0 amide bonds. The van der Waals surface area contributed by atoms with E-state index >= 15 is 0 Å². The Morgan fingerprint density at radius 3 is 2.67 bits per heavy atom. The molecule has 1 aliphatic heterocycles. The lowest BCUT2D eigenvalue weighted by atomic mass is 10.4. The van der Waals surface area contributed by atoms with Gasteiger partial charge in [0.2, 0.25) is 0 Å². The first kappa shape index (κ1) is 4.09. The van der Waals surface area contributed by atoms with Crippen molar-refractivity contribution in [1.29, 1.82) is 0 Å². The molecule has 6 heavy (non-hydrogen) atoms. The Hall–Kier alpha value is -0.0800. The summed E-state index contributed by atoms with van der Waals surface area (Å²) in [6.45, 7) is 2.01. The fourth-order valence-corrected chi connectivity index (χ4v) is 0.606. The van der Waals surface area contributed by atoms with Gasteiger partial charge in [0.05, 0.1) is 0 Å². The molecule has 0 bridgehead atoms. The van der Waals surface area contributed by atoms with Crippen LogP contribution in [0.1, 0.15) is 6.42 Å². The van der Waals surface area contributed by atoms with Crippen LogP contribution in [0.4, 0.5) is 0 Å². The molecule has 2 N–H and O–H groups in total. The lowest BCUT2D eigenvalue weighted by Gasteiger charge is -2.01. The van der Waals surface area contributed by atoms with E-state index in [1.165, 1.54) is 0 Å². The van der Waals surface area contributed by atoms with Crippen LogP contribution < -0.4 is 5.84 Å². The van der Waals surface area contributed by atoms with Gasteiger partial charge in [0.15, 0.2) is 0 Å². The van der Waals surface area contributed by atoms with Crippen molar-refractivity contribution in [3.8, 4) is 0 Å². The third kappa shape index (κ3) is 0.698. The topological polar surface area (TPSA) is 29.3 Å². The Morgan fingerprint density at radius 1 is 1.67 bits per heavy atom. The zero-order valence-electron chi connectivity index (χ0n) is 3.72. The second kappa shape index (κ2) is 1.58. The summed E-state index contributed by atoms with van der Waals surface area (Å²) >= 11 is 0. The number of rotatable bonds is 0. The Bertz CT molecular complexity index is 38.8. The smallest absolute Gasteiger partial charge is 0.0160 e. The molecule has 2 heteroatoms. The summed E-state index contributed by atoms with van der Waals surface area (Å²) in [5, 5.41) is 1.81. The van der Waals surface area contributed by atoms with Crippen molar-refractivity contribution in [2.24, 2.45) is 5.84 Å². The quantitative estimate of drug-likeness (QED) is 0.412. The minimum atomic E-state index is 0.972. The molecule has 1 rings (SSSR count). The minimum Gasteiger partial charge on any atom is -0.269 e. The van der Waals surface area contributed by atoms with Crippen molar-refractivity contribution in [3.63, 3.8) is 0 Å². The summed E-state index contributed by atoms with van der Waals surface area (Å²) in [7, 11) is 0. The second-order valence-electron chi connectivity index (χ2n) is 1.57. The van der Waals surface area contributed by atoms with Crippen LogP contribution in [0.5, 0.6) is 0 Å². The van der Waals surface area contributed by atoms with Gasteiger partial charge in [-0.25, -0.2) is 5.01 Å². The summed E-state index contributed by atoms with van der Waals surface area (Å²) in [5.74, 6) is 5.34. The van der Waals surface area contributed by atoms with E-state index in [1.807, 2.05) is 0 Å². The van der Waals surface area contributed by atoms with Crippen LogP contribution in [-0.4, -0.2) is 18.1 Å². The van der Waals surface area contributed by atoms with Crippen LogP contribution in [0.2, 0.25) is 0 Å². The van der Waals surface area contributed by atoms with Gasteiger partial charge < -0.3 is 0 Å². The lowest BCUT2D eigenvalue weighted by Crippen LogP contribution is -2.26. The molecule has 0 spiro atoms. The zero-order valence-corrected chi connectivity index (χ0v) is 3.72. The average molecular weight is 85.1 g/mol. The van der Waals surface area contributed by atoms with Gasteiger partial charge >= 0.3 is 0 Å². The Labute approximate surface area is 37.9 Å². The van der Waals surface area contributed by atoms with Crippen LogP contribution in [0.15, 0.2) is 0 Å². The first-order chi connectivity index (χ1) is 2.89. The monoisotopic (exact) mass is 85.1 g/mol. The second-order valence-corrected chi connectivity index (χ2v) is 1.57. The maximum Gasteiger partial charge on any atom is 0.0160 e. The highest BCUT2D eigenvalue weighted by atomic mass is 15.4. The van der Waals surface area contributed by atoms with E-state index in [0.29, 0.717) is 0 Å². The normalized spacial score (nSPS) is 25.5. The molecule has 0 unspecified atom stereocenters. The molecule has 0 aromatic heterocycles. The Kier molecular flexibility index (Phi) is 1.08. The molecular weight excluding hydrogens is 76.1 g/mol. The summed E-state index contributed by atoms with van der Waals surface area (Å²) in [6, 6.07) is 0. The zero-order chi connectivity index (χ0) is 4.41. The molecule has 0 aromatic carbocycles. The van der Waals surface area contributed by atoms with Gasteiger partial charge in [-0.3, -0.25) is 5.84 Å². The molecule has 0 saturated carbocycles. The van der Waals surface area contributed by atoms with Crippen molar-refractivity contribution < 1.29 is 0 Å². The predicted octanol–water partition coefficient (Wildman–Crippen LogP) is -0.230. The van der Waals surface area contributed by atoms with Crippen molar-refractivity contribution in [2.75, 3.05) is 13.1 Å². The van der Waals surface area contributed by atoms with E-state index in [-0.39, 0.29) is 0 Å². The van der Waals surface area contributed by atoms with Crippen LogP contribution in [-0.2, 0) is 0 Å². The predicted molar refractivity (Wildman–Crippen MR) is 24.7 cm³/mol. The molecule has 1 aliphatic rings. The third-order valence-electron chi connectivity index (χ3n) is 0.984. The van der Waals surface area contributed by atoms with Gasteiger partial charge in [-0.2, -0.15) is 0 Å². The summed E-state index contributed by atoms with van der Waals surface area (Å²) in [5.41, 5.74) is 0. The van der Waals surface area contributed by atoms with E-state index in [1.54, 1.807) is 5.01 Å². The molecule has 0 aromatic rings. The first-order valence-corrected chi connectivity index (χ1v) is 2.21. The minimum absolute atomic E-state index is 0.972. The van der Waals surface area contributed by atoms with Gasteiger partial charge in [-0.1, -0.05) is 0 Å². The van der Waals surface area contributed by atoms with Crippen molar-refractivity contribution in [3.05, 3.63) is 6.42 Å². The van der Waals surface area contributed by atoms with Gasteiger partial charge in [0.1, 0.15) is 0 Å². The Balaban J connectivity index is 2.18. The molecule has 35 valence electrons. The maximum absolute atomic E-state index is 5.34. The van der Waals surface area contributed by atoms with Gasteiger partial charge in [0.25, 0.3) is 0 Å². The van der Waals surface area contributed by atoms with E-state index in [9.17, 15) is 0 Å². The number of hydrazine groups is 1. The van der Waals surface area contributed by atoms with E-state index in [4.69, 9.17) is 5.84 Å². The SMILES string of the molecule is NN1C[CH]CC1. The molecule has 0 atom stereocenters. The number of hydrogen-bond donors (Lipinski definition) is 1. The van der Waals surface area contributed by atoms with Gasteiger partial charge in [0, 0.05) is 13.1 Å². The first-order valence-electron chi connectivity index (χ1n) is 2.21. The number of nitrogens with zero attached hydrogens (tertiary/aromatic N) is 1. The van der Waals surface area contributed by atoms with Crippen LogP contribution in [0.3, 0.4) is 0 Å². The molecule has 0 aliphatic carbocycles. The summed E-state index contributed by atoms with van der Waals surface area (Å²) in [6.07, 6.45) is 3.34. The van der Waals surface area contributed by atoms with Crippen LogP contribution in [0, 0.1) is 6.42 Å². The lowest BCUT2D eigenvalue weighted by molar-refractivity contribution is 0.361. The van der Waals surface area contributed by atoms with Gasteiger partial charge in [-0.15, -0.1) is 0 Å². The number of hydrogen-bond acceptors (Lipinski definition) is 2. The molecule has 1 saturated heterocycles. The van der Waals surface area contributed by atoms with Crippen molar-refractivity contribution in [1.82, 2.24) is 5.01 Å². The highest BCUT2D eigenvalue weighted by molar-refractivity contribution is 4.76. The number of nitrogens with two attached hydrogens (primary N) is 1. The molecule has 2 nitrogen and oxygen atoms in total. The fraction of sp³-hybridized carbons (Fsp3) is 0.750. The van der Waals surface area contributed by atoms with Gasteiger partial charge in [-0.05, 0) is 12.8 Å². The van der Waals surface area contributed by atoms with E-state index < -0.39 is 0 Å². The van der Waals surface area contributed by atoms with Crippen LogP contribution in [0.25, 0.3) is 0 Å². The summed E-state index contributed by atoms with van der Waals surface area (Å²) in [4.78, 5) is 0. The fourth-order valence-electron chi connectivity index (χ4n) is 0.606. The molecule has 1 radical (unpaired) electrons. The molecule has 1 heterocycles. The van der Waals surface area contributed by atoms with Crippen LogP contribution >= 0.6 is 0 Å². The highest BCUT2D eigenvalue weighted by Gasteiger charge is 2.04. The van der Waals surface area contributed by atoms with Crippen molar-refractivity contribution in [2.45, 2.75) is 6.42 Å². The Morgan fingerprint density at radius 2 is 2.50 bits per heavy atom. The highest BCUT2D eigenvalue weighted by Crippen LogP contribution is 1.98. The van der Waals surface area contributed by atoms with E-state index in [2.05, 4.69) is 6.42 Å². The molecule has 1 fully saturated rings. The van der Waals surface area contributed by atoms with Crippen molar-refractivity contribution >= 4 is 0 Å². The third-order valence-corrected chi connectivity index (χ3v) is 0.984. The summed E-state index contributed by atoms with van der Waals surface area (Å²) < 4.78 is 0. The molecular formula is C4H9N2. The standard InChI is InChI=1S/C4H9N2/c5-6-3-1-2-4-6/h1H,2-5H2. The average Bonchev–Trinajstić information content (AvgIpc) is 1.86.